The smallest absolute Gasteiger partial charge is 0.137 e. The van der Waals surface area contributed by atoms with Gasteiger partial charge in [0.25, 0.3) is 0 Å². The van der Waals surface area contributed by atoms with Gasteiger partial charge in [-0.15, -0.1) is 0 Å². The molecule has 0 aliphatic carbocycles. The molecule has 0 saturated carbocycles. The molecule has 0 aromatic heterocycles. The molecule has 0 amide bonds. The third kappa shape index (κ3) is 4.97. The summed E-state index contributed by atoms with van der Waals surface area (Å²) in [6.45, 7) is 9.19. The molecule has 0 aliphatic rings. The van der Waals surface area contributed by atoms with Gasteiger partial charge in [-0.05, 0) is 36.5 Å². The van der Waals surface area contributed by atoms with Gasteiger partial charge in [-0.2, -0.15) is 0 Å². The number of rotatable bonds is 4. The van der Waals surface area contributed by atoms with Crippen molar-refractivity contribution in [3.05, 3.63) is 28.8 Å². The quantitative estimate of drug-likeness (QED) is 0.876. The topological polar surface area (TPSA) is 35.2 Å². The van der Waals surface area contributed by atoms with Gasteiger partial charge in [0.15, 0.2) is 0 Å². The second kappa shape index (κ2) is 5.74. The van der Waals surface area contributed by atoms with Crippen LogP contribution in [0.15, 0.2) is 18.2 Å². The molecule has 0 radical (unpaired) electrons. The third-order valence-corrected chi connectivity index (χ3v) is 2.89. The Hall–Kier alpha value is -0.730. The van der Waals surface area contributed by atoms with E-state index >= 15 is 0 Å². The lowest BCUT2D eigenvalue weighted by Gasteiger charge is -2.18. The van der Waals surface area contributed by atoms with E-state index in [1.165, 1.54) is 0 Å². The zero-order valence-electron chi connectivity index (χ0n) is 11.1. The molecule has 0 heterocycles. The van der Waals surface area contributed by atoms with Crippen LogP contribution in [0.1, 0.15) is 45.7 Å². The fraction of sp³-hybridized carbons (Fsp3) is 0.571. The molecular weight excluding hydrogens is 234 g/mol. The average molecular weight is 256 g/mol. The molecule has 96 valence electrons. The van der Waals surface area contributed by atoms with E-state index in [9.17, 15) is 0 Å². The highest BCUT2D eigenvalue weighted by Crippen LogP contribution is 2.28. The lowest BCUT2D eigenvalue weighted by atomic mass is 9.93. The van der Waals surface area contributed by atoms with Gasteiger partial charge in [-0.1, -0.05) is 38.4 Å². The zero-order valence-corrected chi connectivity index (χ0v) is 11.8. The maximum Gasteiger partial charge on any atom is 0.137 e. The summed E-state index contributed by atoms with van der Waals surface area (Å²) < 4.78 is 5.67. The Kier molecular flexibility index (Phi) is 4.84. The summed E-state index contributed by atoms with van der Waals surface area (Å²) in [5.41, 5.74) is 7.09. The Morgan fingerprint density at radius 2 is 2.00 bits per heavy atom. The van der Waals surface area contributed by atoms with E-state index in [1.54, 1.807) is 0 Å². The highest BCUT2D eigenvalue weighted by atomic mass is 35.5. The lowest BCUT2D eigenvalue weighted by molar-refractivity contribution is 0.243. The monoisotopic (exact) mass is 255 g/mol. The van der Waals surface area contributed by atoms with Crippen molar-refractivity contribution in [3.8, 4) is 5.75 Å². The molecule has 1 rings (SSSR count). The first-order valence-electron chi connectivity index (χ1n) is 5.97. The first kappa shape index (κ1) is 14.3. The third-order valence-electron chi connectivity index (χ3n) is 2.59. The number of hydrogen-bond donors (Lipinski definition) is 1. The summed E-state index contributed by atoms with van der Waals surface area (Å²) in [6.07, 6.45) is 0.998. The fourth-order valence-electron chi connectivity index (χ4n) is 1.38. The second-order valence-electron chi connectivity index (χ2n) is 5.64. The van der Waals surface area contributed by atoms with Crippen LogP contribution in [-0.2, 0) is 0 Å². The number of ether oxygens (including phenoxy) is 1. The van der Waals surface area contributed by atoms with E-state index in [4.69, 9.17) is 22.1 Å². The molecule has 1 aromatic rings. The highest BCUT2D eigenvalue weighted by Gasteiger charge is 2.11. The van der Waals surface area contributed by atoms with Crippen LogP contribution in [-0.4, -0.2) is 6.61 Å². The van der Waals surface area contributed by atoms with Gasteiger partial charge in [0.05, 0.1) is 11.6 Å². The predicted molar refractivity (Wildman–Crippen MR) is 73.6 cm³/mol. The summed E-state index contributed by atoms with van der Waals surface area (Å²) >= 11 is 6.14. The summed E-state index contributed by atoms with van der Waals surface area (Å²) in [5.74, 6) is 0.736. The van der Waals surface area contributed by atoms with Crippen LogP contribution in [0.3, 0.4) is 0 Å². The van der Waals surface area contributed by atoms with E-state index in [0.717, 1.165) is 17.7 Å². The number of benzene rings is 1. The van der Waals surface area contributed by atoms with Crippen LogP contribution in [0.2, 0.25) is 5.02 Å². The standard InChI is InChI=1S/C14H22ClNO/c1-10(16)11-5-6-13(12(15)9-11)17-8-7-14(2,3)4/h5-6,9-10H,7-8,16H2,1-4H3. The Balaban J connectivity index is 2.61. The number of hydrogen-bond acceptors (Lipinski definition) is 2. The summed E-state index contributed by atoms with van der Waals surface area (Å²) in [4.78, 5) is 0. The van der Waals surface area contributed by atoms with E-state index in [2.05, 4.69) is 20.8 Å². The minimum Gasteiger partial charge on any atom is -0.492 e. The Bertz CT molecular complexity index is 369. The minimum absolute atomic E-state index is 0.00359. The van der Waals surface area contributed by atoms with Crippen molar-refractivity contribution in [2.75, 3.05) is 6.61 Å². The highest BCUT2D eigenvalue weighted by molar-refractivity contribution is 6.32. The number of nitrogens with two attached hydrogens (primary N) is 1. The second-order valence-corrected chi connectivity index (χ2v) is 6.04. The largest absolute Gasteiger partial charge is 0.492 e. The van der Waals surface area contributed by atoms with Gasteiger partial charge in [0.1, 0.15) is 5.75 Å². The van der Waals surface area contributed by atoms with E-state index < -0.39 is 0 Å². The predicted octanol–water partition coefficient (Wildman–Crippen LogP) is 4.17. The Morgan fingerprint density at radius 1 is 1.35 bits per heavy atom. The molecule has 1 atom stereocenters. The SMILES string of the molecule is CC(N)c1ccc(OCCC(C)(C)C)c(Cl)c1. The summed E-state index contributed by atoms with van der Waals surface area (Å²) in [7, 11) is 0. The van der Waals surface area contributed by atoms with Crippen molar-refractivity contribution in [3.63, 3.8) is 0 Å². The van der Waals surface area contributed by atoms with Gasteiger partial charge >= 0.3 is 0 Å². The van der Waals surface area contributed by atoms with Crippen molar-refractivity contribution in [1.82, 2.24) is 0 Å². The molecule has 0 saturated heterocycles. The zero-order chi connectivity index (χ0) is 13.1. The molecule has 1 aromatic carbocycles. The maximum absolute atomic E-state index is 6.14. The molecule has 0 fully saturated rings. The van der Waals surface area contributed by atoms with E-state index in [0.29, 0.717) is 11.6 Å². The summed E-state index contributed by atoms with van der Waals surface area (Å²) in [6, 6.07) is 5.72. The Morgan fingerprint density at radius 3 is 2.47 bits per heavy atom. The normalized spacial score (nSPS) is 13.5. The van der Waals surface area contributed by atoms with Crippen molar-refractivity contribution >= 4 is 11.6 Å². The molecule has 17 heavy (non-hydrogen) atoms. The van der Waals surface area contributed by atoms with Crippen LogP contribution in [0, 0.1) is 5.41 Å². The molecule has 3 heteroatoms. The van der Waals surface area contributed by atoms with Crippen LogP contribution < -0.4 is 10.5 Å². The van der Waals surface area contributed by atoms with E-state index in [1.807, 2.05) is 25.1 Å². The molecular formula is C14H22ClNO. The lowest BCUT2D eigenvalue weighted by Crippen LogP contribution is -2.11. The van der Waals surface area contributed by atoms with Crippen molar-refractivity contribution in [2.24, 2.45) is 11.1 Å². The van der Waals surface area contributed by atoms with Crippen LogP contribution >= 0.6 is 11.6 Å². The van der Waals surface area contributed by atoms with Crippen molar-refractivity contribution in [1.29, 1.82) is 0 Å². The van der Waals surface area contributed by atoms with Crippen LogP contribution in [0.4, 0.5) is 0 Å². The minimum atomic E-state index is -0.00359. The van der Waals surface area contributed by atoms with Gasteiger partial charge < -0.3 is 10.5 Å². The number of halogens is 1. The van der Waals surface area contributed by atoms with Crippen molar-refractivity contribution in [2.45, 2.75) is 40.2 Å². The first-order chi connectivity index (χ1) is 7.79. The van der Waals surface area contributed by atoms with Crippen LogP contribution in [0.5, 0.6) is 5.75 Å². The van der Waals surface area contributed by atoms with Crippen molar-refractivity contribution < 1.29 is 4.74 Å². The van der Waals surface area contributed by atoms with E-state index in [-0.39, 0.29) is 11.5 Å². The molecule has 1 unspecified atom stereocenters. The molecule has 0 spiro atoms. The molecule has 2 N–H and O–H groups in total. The molecule has 0 aliphatic heterocycles. The molecule has 2 nitrogen and oxygen atoms in total. The Labute approximate surface area is 109 Å². The van der Waals surface area contributed by atoms with Gasteiger partial charge in [-0.3, -0.25) is 0 Å². The van der Waals surface area contributed by atoms with Gasteiger partial charge in [0, 0.05) is 6.04 Å². The maximum atomic E-state index is 6.14. The van der Waals surface area contributed by atoms with Crippen LogP contribution in [0.25, 0.3) is 0 Å². The van der Waals surface area contributed by atoms with Gasteiger partial charge in [0.2, 0.25) is 0 Å². The molecule has 0 bridgehead atoms. The average Bonchev–Trinajstić information content (AvgIpc) is 2.18. The fourth-order valence-corrected chi connectivity index (χ4v) is 1.63. The first-order valence-corrected chi connectivity index (χ1v) is 6.35. The van der Waals surface area contributed by atoms with Gasteiger partial charge in [-0.25, -0.2) is 0 Å². The summed E-state index contributed by atoms with van der Waals surface area (Å²) in [5, 5.41) is 0.633.